The molecule has 2 aliphatic heterocycles. The van der Waals surface area contributed by atoms with Crippen LogP contribution in [0.4, 0.5) is 0 Å². The number of amides is 2. The average molecular weight is 523 g/mol. The highest BCUT2D eigenvalue weighted by Gasteiger charge is 2.35. The van der Waals surface area contributed by atoms with Gasteiger partial charge in [0.05, 0.1) is 11.1 Å². The van der Waals surface area contributed by atoms with E-state index in [0.717, 1.165) is 45.9 Å². The molecule has 0 spiro atoms. The van der Waals surface area contributed by atoms with Crippen molar-refractivity contribution in [3.63, 3.8) is 0 Å². The van der Waals surface area contributed by atoms with Crippen molar-refractivity contribution in [2.24, 2.45) is 13.0 Å². The number of unbranched alkanes of at least 4 members (excludes halogenated alkanes) is 1. The van der Waals surface area contributed by atoms with E-state index in [1.54, 1.807) is 0 Å². The van der Waals surface area contributed by atoms with E-state index < -0.39 is 0 Å². The first-order chi connectivity index (χ1) is 19.0. The molecule has 1 fully saturated rings. The molecule has 6 heteroatoms. The Morgan fingerprint density at radius 1 is 0.821 bits per heavy atom. The first-order valence-corrected chi connectivity index (χ1v) is 14.5. The zero-order valence-electron chi connectivity index (χ0n) is 23.1. The Morgan fingerprint density at radius 3 is 2.13 bits per heavy atom. The number of para-hydroxylation sites is 2. The van der Waals surface area contributed by atoms with Crippen LogP contribution >= 0.6 is 0 Å². The first-order valence-electron chi connectivity index (χ1n) is 14.5. The SMILES string of the molecule is CCCCC(CCn1cc(C2=C(c3cn(C)c4ccccc34)C(=O)NC2=O)c2ccccc21)CN1CCCC1. The number of carbonyl (C=O) groups is 2. The summed E-state index contributed by atoms with van der Waals surface area (Å²) in [6.45, 7) is 6.81. The zero-order chi connectivity index (χ0) is 26.9. The summed E-state index contributed by atoms with van der Waals surface area (Å²) >= 11 is 0. The fourth-order valence-electron chi connectivity index (χ4n) is 6.61. The van der Waals surface area contributed by atoms with Gasteiger partial charge in [-0.05, 0) is 56.8 Å². The second kappa shape index (κ2) is 10.9. The number of hydrogen-bond acceptors (Lipinski definition) is 3. The van der Waals surface area contributed by atoms with Crippen molar-refractivity contribution in [1.29, 1.82) is 0 Å². The quantitative estimate of drug-likeness (QED) is 0.260. The molecule has 0 radical (unpaired) electrons. The number of nitrogens with zero attached hydrogens (tertiary/aromatic N) is 3. The summed E-state index contributed by atoms with van der Waals surface area (Å²) in [5.41, 5.74) is 4.72. The fraction of sp³-hybridized carbons (Fsp3) is 0.394. The molecule has 1 unspecified atom stereocenters. The predicted octanol–water partition coefficient (Wildman–Crippen LogP) is 5.99. The van der Waals surface area contributed by atoms with Crippen LogP contribution in [0.2, 0.25) is 0 Å². The third kappa shape index (κ3) is 4.82. The molecule has 39 heavy (non-hydrogen) atoms. The molecule has 2 amide bonds. The van der Waals surface area contributed by atoms with Gasteiger partial charge in [-0.25, -0.2) is 0 Å². The van der Waals surface area contributed by atoms with Gasteiger partial charge < -0.3 is 14.0 Å². The van der Waals surface area contributed by atoms with Crippen LogP contribution in [0.5, 0.6) is 0 Å². The molecule has 0 bridgehead atoms. The van der Waals surface area contributed by atoms with Gasteiger partial charge in [0.25, 0.3) is 11.8 Å². The molecule has 6 rings (SSSR count). The lowest BCUT2D eigenvalue weighted by molar-refractivity contribution is -0.122. The standard InChI is InChI=1S/C33H38N4O2/c1-3-4-11-23(20-36-17-9-10-18-36)16-19-37-22-27(25-13-6-8-15-29(25)37)31-30(32(38)34-33(31)39)26-21-35(2)28-14-7-5-12-24(26)28/h5-8,12-15,21-23H,3-4,9-11,16-20H2,1-2H3,(H,34,38,39). The molecular weight excluding hydrogens is 484 g/mol. The molecule has 6 nitrogen and oxygen atoms in total. The van der Waals surface area contributed by atoms with Gasteiger partial charge in [-0.3, -0.25) is 14.9 Å². The minimum absolute atomic E-state index is 0.319. The number of fused-ring (bicyclic) bond motifs is 2. The Kier molecular flexibility index (Phi) is 7.13. The number of aromatic nitrogens is 2. The predicted molar refractivity (Wildman–Crippen MR) is 158 cm³/mol. The summed E-state index contributed by atoms with van der Waals surface area (Å²) in [6, 6.07) is 16.3. The van der Waals surface area contributed by atoms with E-state index in [1.807, 2.05) is 48.1 Å². The van der Waals surface area contributed by atoms with E-state index in [0.29, 0.717) is 17.1 Å². The summed E-state index contributed by atoms with van der Waals surface area (Å²) in [4.78, 5) is 29.2. The molecule has 4 aromatic rings. The van der Waals surface area contributed by atoms with E-state index in [-0.39, 0.29) is 11.8 Å². The lowest BCUT2D eigenvalue weighted by atomic mass is 9.95. The molecule has 2 aromatic carbocycles. The van der Waals surface area contributed by atoms with Crippen LogP contribution in [0.25, 0.3) is 33.0 Å². The molecule has 202 valence electrons. The topological polar surface area (TPSA) is 59.3 Å². The van der Waals surface area contributed by atoms with E-state index in [9.17, 15) is 9.59 Å². The number of likely N-dealkylation sites (tertiary alicyclic amines) is 1. The van der Waals surface area contributed by atoms with E-state index in [1.165, 1.54) is 51.7 Å². The Balaban J connectivity index is 1.39. The van der Waals surface area contributed by atoms with Gasteiger partial charge >= 0.3 is 0 Å². The van der Waals surface area contributed by atoms with Crippen molar-refractivity contribution < 1.29 is 9.59 Å². The van der Waals surface area contributed by atoms with Crippen molar-refractivity contribution >= 4 is 44.8 Å². The van der Waals surface area contributed by atoms with Crippen molar-refractivity contribution in [3.05, 3.63) is 72.1 Å². The molecule has 1 atom stereocenters. The normalized spacial score (nSPS) is 17.2. The van der Waals surface area contributed by atoms with Gasteiger partial charge in [0.1, 0.15) is 0 Å². The van der Waals surface area contributed by atoms with E-state index in [2.05, 4.69) is 46.1 Å². The Bertz CT molecular complexity index is 1570. The molecule has 0 aliphatic carbocycles. The lowest BCUT2D eigenvalue weighted by Gasteiger charge is -2.23. The largest absolute Gasteiger partial charge is 0.350 e. The number of rotatable bonds is 10. The molecule has 2 aromatic heterocycles. The number of hydrogen-bond donors (Lipinski definition) is 1. The highest BCUT2D eigenvalue weighted by molar-refractivity contribution is 6.50. The van der Waals surface area contributed by atoms with Crippen LogP contribution in [0.3, 0.4) is 0 Å². The smallest absolute Gasteiger partial charge is 0.259 e. The van der Waals surface area contributed by atoms with Crippen LogP contribution in [0, 0.1) is 5.92 Å². The highest BCUT2D eigenvalue weighted by Crippen LogP contribution is 2.39. The minimum Gasteiger partial charge on any atom is -0.350 e. The Hall–Kier alpha value is -3.64. The fourth-order valence-corrected chi connectivity index (χ4v) is 6.61. The second-order valence-electron chi connectivity index (χ2n) is 11.3. The van der Waals surface area contributed by atoms with Crippen LogP contribution in [0.15, 0.2) is 60.9 Å². The van der Waals surface area contributed by atoms with Crippen molar-refractivity contribution in [1.82, 2.24) is 19.4 Å². The highest BCUT2D eigenvalue weighted by atomic mass is 16.2. The van der Waals surface area contributed by atoms with Crippen LogP contribution < -0.4 is 5.32 Å². The average Bonchev–Trinajstić information content (AvgIpc) is 3.72. The third-order valence-corrected chi connectivity index (χ3v) is 8.61. The van der Waals surface area contributed by atoms with Crippen molar-refractivity contribution in [2.45, 2.75) is 52.0 Å². The zero-order valence-corrected chi connectivity index (χ0v) is 23.1. The van der Waals surface area contributed by atoms with Gasteiger partial charge in [0.2, 0.25) is 0 Å². The second-order valence-corrected chi connectivity index (χ2v) is 11.3. The summed E-state index contributed by atoms with van der Waals surface area (Å²) in [6.07, 6.45) is 11.6. The maximum atomic E-state index is 13.3. The molecule has 4 heterocycles. The molecule has 2 aliphatic rings. The van der Waals surface area contributed by atoms with Crippen LogP contribution in [-0.4, -0.2) is 45.5 Å². The molecule has 1 saturated heterocycles. The van der Waals surface area contributed by atoms with Crippen molar-refractivity contribution in [2.75, 3.05) is 19.6 Å². The summed E-state index contributed by atoms with van der Waals surface area (Å²) < 4.78 is 4.32. The minimum atomic E-state index is -0.326. The van der Waals surface area contributed by atoms with Crippen LogP contribution in [-0.2, 0) is 23.2 Å². The summed E-state index contributed by atoms with van der Waals surface area (Å²) in [7, 11) is 1.98. The van der Waals surface area contributed by atoms with Gasteiger partial charge in [0, 0.05) is 65.5 Å². The lowest BCUT2D eigenvalue weighted by Crippen LogP contribution is -2.27. The molecule has 1 N–H and O–H groups in total. The molecule has 0 saturated carbocycles. The molecular formula is C33H38N4O2. The van der Waals surface area contributed by atoms with Gasteiger partial charge in [-0.2, -0.15) is 0 Å². The van der Waals surface area contributed by atoms with Crippen molar-refractivity contribution in [3.8, 4) is 0 Å². The Morgan fingerprint density at radius 2 is 1.44 bits per heavy atom. The number of aryl methyl sites for hydroxylation is 2. The Labute approximate surface area is 230 Å². The van der Waals surface area contributed by atoms with Crippen LogP contribution in [0.1, 0.15) is 56.6 Å². The number of benzene rings is 2. The van der Waals surface area contributed by atoms with E-state index in [4.69, 9.17) is 0 Å². The van der Waals surface area contributed by atoms with E-state index >= 15 is 0 Å². The summed E-state index contributed by atoms with van der Waals surface area (Å²) in [5.74, 6) is 0.0172. The van der Waals surface area contributed by atoms with Gasteiger partial charge in [-0.15, -0.1) is 0 Å². The number of nitrogens with one attached hydrogen (secondary N) is 1. The van der Waals surface area contributed by atoms with Gasteiger partial charge in [-0.1, -0.05) is 56.2 Å². The monoisotopic (exact) mass is 522 g/mol. The number of imide groups is 1. The van der Waals surface area contributed by atoms with Gasteiger partial charge in [0.15, 0.2) is 0 Å². The third-order valence-electron chi connectivity index (χ3n) is 8.61. The summed E-state index contributed by atoms with van der Waals surface area (Å²) in [5, 5.41) is 4.59. The maximum absolute atomic E-state index is 13.3. The number of carbonyl (C=O) groups excluding carboxylic acids is 2. The maximum Gasteiger partial charge on any atom is 0.259 e. The first kappa shape index (κ1) is 25.6.